The van der Waals surface area contributed by atoms with E-state index in [1.54, 1.807) is 13.8 Å². The number of aliphatic hydroxyl groups excluding tert-OH is 1. The van der Waals surface area contributed by atoms with Gasteiger partial charge in [-0.05, 0) is 26.7 Å². The largest absolute Gasteiger partial charge is 0.465 e. The molecule has 0 aromatic carbocycles. The molecule has 0 aliphatic carbocycles. The fraction of sp³-hybridized carbons (Fsp3) is 0.923. The van der Waals surface area contributed by atoms with Crippen molar-refractivity contribution in [3.8, 4) is 0 Å². The van der Waals surface area contributed by atoms with Gasteiger partial charge < -0.3 is 24.6 Å². The zero-order valence-electron chi connectivity index (χ0n) is 11.8. The van der Waals surface area contributed by atoms with E-state index in [-0.39, 0.29) is 18.7 Å². The Hall–Kier alpha value is -0.690. The maximum absolute atomic E-state index is 11.3. The molecule has 1 fully saturated rings. The zero-order valence-corrected chi connectivity index (χ0v) is 11.8. The van der Waals surface area contributed by atoms with Gasteiger partial charge in [0.15, 0.2) is 0 Å². The van der Waals surface area contributed by atoms with Gasteiger partial charge in [-0.3, -0.25) is 4.79 Å². The Balaban J connectivity index is 2.03. The summed E-state index contributed by atoms with van der Waals surface area (Å²) in [4.78, 5) is 11.3. The van der Waals surface area contributed by atoms with Crippen LogP contribution < -0.4 is 5.32 Å². The fourth-order valence-electron chi connectivity index (χ4n) is 1.83. The molecule has 0 amide bonds. The molecule has 1 aliphatic rings. The molecular weight excluding hydrogens is 250 g/mol. The molecule has 2 N–H and O–H groups in total. The second-order valence-electron chi connectivity index (χ2n) is 4.71. The molecule has 1 heterocycles. The monoisotopic (exact) mass is 275 g/mol. The minimum atomic E-state index is -0.640. The van der Waals surface area contributed by atoms with Crippen molar-refractivity contribution in [3.63, 3.8) is 0 Å². The van der Waals surface area contributed by atoms with Gasteiger partial charge in [0, 0.05) is 13.2 Å². The summed E-state index contributed by atoms with van der Waals surface area (Å²) in [7, 11) is 0. The van der Waals surface area contributed by atoms with Gasteiger partial charge in [0.05, 0.1) is 32.0 Å². The van der Waals surface area contributed by atoms with Crippen molar-refractivity contribution in [1.82, 2.24) is 5.32 Å². The minimum Gasteiger partial charge on any atom is -0.465 e. The number of nitrogens with one attached hydrogen (secondary N) is 1. The lowest BCUT2D eigenvalue weighted by atomic mass is 10.2. The van der Waals surface area contributed by atoms with Crippen molar-refractivity contribution < 1.29 is 24.1 Å². The third-order valence-electron chi connectivity index (χ3n) is 2.94. The van der Waals surface area contributed by atoms with Gasteiger partial charge in [-0.25, -0.2) is 0 Å². The normalized spacial score (nSPS) is 22.2. The van der Waals surface area contributed by atoms with Crippen LogP contribution in [-0.2, 0) is 19.0 Å². The summed E-state index contributed by atoms with van der Waals surface area (Å²) in [6.45, 7) is 5.68. The van der Waals surface area contributed by atoms with E-state index in [1.807, 2.05) is 0 Å². The number of carbonyl (C=O) groups excluding carboxylic acids is 1. The molecule has 0 bridgehead atoms. The molecule has 112 valence electrons. The number of aliphatic hydroxyl groups is 1. The second kappa shape index (κ2) is 9.25. The van der Waals surface area contributed by atoms with Gasteiger partial charge in [-0.2, -0.15) is 0 Å². The van der Waals surface area contributed by atoms with E-state index in [2.05, 4.69) is 5.32 Å². The van der Waals surface area contributed by atoms with Gasteiger partial charge >= 0.3 is 5.97 Å². The molecule has 1 saturated heterocycles. The topological polar surface area (TPSA) is 77.0 Å². The van der Waals surface area contributed by atoms with Crippen molar-refractivity contribution in [2.24, 2.45) is 0 Å². The van der Waals surface area contributed by atoms with E-state index in [0.29, 0.717) is 19.8 Å². The fourth-order valence-corrected chi connectivity index (χ4v) is 1.83. The summed E-state index contributed by atoms with van der Waals surface area (Å²) in [5.74, 6) is -0.310. The van der Waals surface area contributed by atoms with Gasteiger partial charge in [0.2, 0.25) is 0 Å². The smallest absolute Gasteiger partial charge is 0.322 e. The number of esters is 1. The van der Waals surface area contributed by atoms with Crippen molar-refractivity contribution in [2.75, 3.05) is 33.0 Å². The molecule has 6 heteroatoms. The first-order valence-corrected chi connectivity index (χ1v) is 6.91. The first-order valence-electron chi connectivity index (χ1n) is 6.91. The Morgan fingerprint density at radius 1 is 1.58 bits per heavy atom. The number of hydrogen-bond acceptors (Lipinski definition) is 6. The van der Waals surface area contributed by atoms with E-state index >= 15 is 0 Å². The predicted molar refractivity (Wildman–Crippen MR) is 69.9 cm³/mol. The number of rotatable bonds is 9. The van der Waals surface area contributed by atoms with Gasteiger partial charge in [0.25, 0.3) is 0 Å². The summed E-state index contributed by atoms with van der Waals surface area (Å²) in [5.41, 5.74) is 0. The van der Waals surface area contributed by atoms with E-state index in [9.17, 15) is 9.90 Å². The van der Waals surface area contributed by atoms with Crippen LogP contribution in [0.1, 0.15) is 26.7 Å². The highest BCUT2D eigenvalue weighted by Crippen LogP contribution is 2.11. The van der Waals surface area contributed by atoms with E-state index in [1.165, 1.54) is 0 Å². The zero-order chi connectivity index (χ0) is 14.1. The van der Waals surface area contributed by atoms with Crippen LogP contribution in [0.15, 0.2) is 0 Å². The van der Waals surface area contributed by atoms with Crippen LogP contribution >= 0.6 is 0 Å². The summed E-state index contributed by atoms with van der Waals surface area (Å²) in [6.07, 6.45) is 1.63. The Kier molecular flexibility index (Phi) is 7.97. The number of ether oxygens (including phenoxy) is 3. The van der Waals surface area contributed by atoms with E-state index in [0.717, 1.165) is 19.4 Å². The Labute approximate surface area is 114 Å². The molecule has 0 radical (unpaired) electrons. The van der Waals surface area contributed by atoms with Gasteiger partial charge in [0.1, 0.15) is 6.04 Å². The summed E-state index contributed by atoms with van der Waals surface area (Å²) in [6, 6.07) is -0.423. The lowest BCUT2D eigenvalue weighted by Gasteiger charge is -2.17. The molecule has 19 heavy (non-hydrogen) atoms. The first-order chi connectivity index (χ1) is 9.13. The Morgan fingerprint density at radius 2 is 2.37 bits per heavy atom. The third-order valence-corrected chi connectivity index (χ3v) is 2.94. The predicted octanol–water partition coefficient (Wildman–Crippen LogP) is 0.0841. The molecule has 0 aromatic heterocycles. The molecule has 6 nitrogen and oxygen atoms in total. The Bertz CT molecular complexity index is 255. The lowest BCUT2D eigenvalue weighted by Crippen LogP contribution is -2.41. The molecule has 0 spiro atoms. The highest BCUT2D eigenvalue weighted by molar-refractivity contribution is 5.75. The molecule has 0 aromatic rings. The standard InChI is InChI=1S/C13H25NO5/c1-3-18-13(16)10(2)14-7-11(15)8-17-9-12-5-4-6-19-12/h10-12,14-15H,3-9H2,1-2H3. The van der Waals surface area contributed by atoms with Crippen molar-refractivity contribution in [1.29, 1.82) is 0 Å². The van der Waals surface area contributed by atoms with Crippen LogP contribution in [0.2, 0.25) is 0 Å². The van der Waals surface area contributed by atoms with Crippen LogP contribution in [0.5, 0.6) is 0 Å². The van der Waals surface area contributed by atoms with Crippen LogP contribution in [0.4, 0.5) is 0 Å². The van der Waals surface area contributed by atoms with Crippen LogP contribution in [0.3, 0.4) is 0 Å². The summed E-state index contributed by atoms with van der Waals surface area (Å²) in [5, 5.41) is 12.6. The maximum Gasteiger partial charge on any atom is 0.322 e. The Morgan fingerprint density at radius 3 is 3.00 bits per heavy atom. The van der Waals surface area contributed by atoms with E-state index in [4.69, 9.17) is 14.2 Å². The molecular formula is C13H25NO5. The van der Waals surface area contributed by atoms with Crippen molar-refractivity contribution in [3.05, 3.63) is 0 Å². The van der Waals surface area contributed by atoms with Crippen molar-refractivity contribution >= 4 is 5.97 Å². The summed E-state index contributed by atoms with van der Waals surface area (Å²) >= 11 is 0. The van der Waals surface area contributed by atoms with Gasteiger partial charge in [-0.15, -0.1) is 0 Å². The number of hydrogen-bond donors (Lipinski definition) is 2. The molecule has 1 rings (SSSR count). The second-order valence-corrected chi connectivity index (χ2v) is 4.71. The lowest BCUT2D eigenvalue weighted by molar-refractivity contribution is -0.145. The van der Waals surface area contributed by atoms with Crippen LogP contribution in [0.25, 0.3) is 0 Å². The highest BCUT2D eigenvalue weighted by Gasteiger charge is 2.17. The third kappa shape index (κ3) is 6.87. The van der Waals surface area contributed by atoms with Crippen molar-refractivity contribution in [2.45, 2.75) is 44.9 Å². The average Bonchev–Trinajstić information content (AvgIpc) is 2.89. The minimum absolute atomic E-state index is 0.165. The number of carbonyl (C=O) groups is 1. The SMILES string of the molecule is CCOC(=O)C(C)NCC(O)COCC1CCCO1. The average molecular weight is 275 g/mol. The highest BCUT2D eigenvalue weighted by atomic mass is 16.5. The van der Waals surface area contributed by atoms with Crippen LogP contribution in [-0.4, -0.2) is 62.3 Å². The maximum atomic E-state index is 11.3. The molecule has 3 unspecified atom stereocenters. The molecule has 0 saturated carbocycles. The van der Waals surface area contributed by atoms with Crippen LogP contribution in [0, 0.1) is 0 Å². The molecule has 1 aliphatic heterocycles. The molecule has 3 atom stereocenters. The van der Waals surface area contributed by atoms with E-state index < -0.39 is 12.1 Å². The van der Waals surface area contributed by atoms with Gasteiger partial charge in [-0.1, -0.05) is 0 Å². The first kappa shape index (κ1) is 16.4. The quantitative estimate of drug-likeness (QED) is 0.581. The summed E-state index contributed by atoms with van der Waals surface area (Å²) < 4.78 is 15.7.